The Morgan fingerprint density at radius 1 is 1.04 bits per heavy atom. The van der Waals surface area contributed by atoms with E-state index in [1.165, 1.54) is 6.08 Å². The van der Waals surface area contributed by atoms with Crippen LogP contribution in [0.2, 0.25) is 0 Å². The second-order valence-electron chi connectivity index (χ2n) is 6.12. The van der Waals surface area contributed by atoms with Crippen molar-refractivity contribution < 1.29 is 22.7 Å². The summed E-state index contributed by atoms with van der Waals surface area (Å²) in [5, 5.41) is 3.86. The number of benzene rings is 2. The van der Waals surface area contributed by atoms with Crippen molar-refractivity contribution in [1.82, 2.24) is 10.0 Å². The van der Waals surface area contributed by atoms with Gasteiger partial charge in [-0.1, -0.05) is 42.5 Å². The average Bonchev–Trinajstić information content (AvgIpc) is 2.71. The van der Waals surface area contributed by atoms with E-state index in [4.69, 9.17) is 9.47 Å². The highest BCUT2D eigenvalue weighted by Crippen LogP contribution is 2.33. The number of fused-ring (bicyclic) bond motifs is 1. The van der Waals surface area contributed by atoms with Crippen molar-refractivity contribution in [2.24, 2.45) is 0 Å². The van der Waals surface area contributed by atoms with Gasteiger partial charge in [-0.15, -0.1) is 0 Å². The number of hydrogen-bond donors (Lipinski definition) is 2. The minimum absolute atomic E-state index is 0.0137. The van der Waals surface area contributed by atoms with Gasteiger partial charge in [-0.2, -0.15) is 0 Å². The number of para-hydroxylation sites is 1. The van der Waals surface area contributed by atoms with Crippen molar-refractivity contribution in [2.75, 3.05) is 19.8 Å². The van der Waals surface area contributed by atoms with Crippen LogP contribution >= 0.6 is 0 Å². The van der Waals surface area contributed by atoms with Crippen LogP contribution in [0.4, 0.5) is 0 Å². The van der Waals surface area contributed by atoms with Crippen molar-refractivity contribution in [1.29, 1.82) is 0 Å². The number of rotatable bonds is 8. The first kappa shape index (κ1) is 19.9. The molecule has 1 amide bonds. The fourth-order valence-electron chi connectivity index (χ4n) is 2.64. The molecule has 1 aliphatic rings. The quantitative estimate of drug-likeness (QED) is 0.705. The maximum atomic E-state index is 12.0. The zero-order valence-corrected chi connectivity index (χ0v) is 16.1. The Balaban J connectivity index is 1.44. The molecule has 8 heteroatoms. The molecule has 0 bridgehead atoms. The Morgan fingerprint density at radius 2 is 1.82 bits per heavy atom. The van der Waals surface area contributed by atoms with E-state index >= 15 is 0 Å². The van der Waals surface area contributed by atoms with Gasteiger partial charge >= 0.3 is 0 Å². The molecule has 1 aliphatic heterocycles. The number of carbonyl (C=O) groups excluding carboxylic acids is 1. The summed E-state index contributed by atoms with van der Waals surface area (Å²) in [5.74, 6) is 1.04. The Bertz CT molecular complexity index is 942. The highest BCUT2D eigenvalue weighted by molar-refractivity contribution is 7.92. The van der Waals surface area contributed by atoms with E-state index in [1.54, 1.807) is 12.1 Å². The van der Waals surface area contributed by atoms with E-state index in [-0.39, 0.29) is 25.4 Å². The van der Waals surface area contributed by atoms with Crippen molar-refractivity contribution >= 4 is 22.0 Å². The molecule has 148 valence electrons. The van der Waals surface area contributed by atoms with Gasteiger partial charge in [0.2, 0.25) is 15.9 Å². The largest absolute Gasteiger partial charge is 0.486 e. The smallest absolute Gasteiger partial charge is 0.233 e. The van der Waals surface area contributed by atoms with Crippen LogP contribution in [0.1, 0.15) is 17.5 Å². The summed E-state index contributed by atoms with van der Waals surface area (Å²) in [7, 11) is -3.60. The zero-order valence-electron chi connectivity index (χ0n) is 15.3. The summed E-state index contributed by atoms with van der Waals surface area (Å²) >= 11 is 0. The van der Waals surface area contributed by atoms with Crippen LogP contribution in [0.15, 0.2) is 53.9 Å². The second kappa shape index (κ2) is 9.38. The SMILES string of the molecule is O=C(CCNS(=O)(=O)/C=C/c1ccccc1)NCc1cccc2c1OCCO2. The first-order valence-corrected chi connectivity index (χ1v) is 10.5. The maximum absolute atomic E-state index is 12.0. The minimum atomic E-state index is -3.60. The predicted molar refractivity (Wildman–Crippen MR) is 106 cm³/mol. The number of carbonyl (C=O) groups is 1. The van der Waals surface area contributed by atoms with Gasteiger partial charge in [-0.25, -0.2) is 13.1 Å². The molecule has 2 aromatic carbocycles. The molecule has 0 aromatic heterocycles. The third-order valence-electron chi connectivity index (χ3n) is 4.02. The molecule has 1 heterocycles. The molecule has 0 saturated carbocycles. The molecule has 2 N–H and O–H groups in total. The van der Waals surface area contributed by atoms with Gasteiger partial charge in [0.05, 0.1) is 0 Å². The Hall–Kier alpha value is -2.84. The molecule has 2 aromatic rings. The fraction of sp³-hybridized carbons (Fsp3) is 0.250. The number of ether oxygens (including phenoxy) is 2. The topological polar surface area (TPSA) is 93.7 Å². The molecule has 0 aliphatic carbocycles. The zero-order chi connectivity index (χ0) is 19.8. The lowest BCUT2D eigenvalue weighted by Gasteiger charge is -2.21. The van der Waals surface area contributed by atoms with Gasteiger partial charge in [-0.3, -0.25) is 4.79 Å². The maximum Gasteiger partial charge on any atom is 0.233 e. The Kier molecular flexibility index (Phi) is 6.67. The lowest BCUT2D eigenvalue weighted by molar-refractivity contribution is -0.121. The normalized spacial score (nSPS) is 13.4. The van der Waals surface area contributed by atoms with Crippen molar-refractivity contribution in [3.05, 3.63) is 65.1 Å². The number of nitrogens with one attached hydrogen (secondary N) is 2. The highest BCUT2D eigenvalue weighted by atomic mass is 32.2. The monoisotopic (exact) mass is 402 g/mol. The van der Waals surface area contributed by atoms with Crippen LogP contribution in [0.3, 0.4) is 0 Å². The van der Waals surface area contributed by atoms with E-state index < -0.39 is 10.0 Å². The van der Waals surface area contributed by atoms with Crippen LogP contribution in [0, 0.1) is 0 Å². The molecule has 28 heavy (non-hydrogen) atoms. The molecular formula is C20H22N2O5S. The van der Waals surface area contributed by atoms with Crippen LogP contribution in [0.5, 0.6) is 11.5 Å². The van der Waals surface area contributed by atoms with Crippen LogP contribution in [-0.2, 0) is 21.4 Å². The Labute approximate surface area is 164 Å². The summed E-state index contributed by atoms with van der Waals surface area (Å²) in [6.45, 7) is 1.27. The van der Waals surface area contributed by atoms with Gasteiger partial charge in [0.15, 0.2) is 11.5 Å². The van der Waals surface area contributed by atoms with Gasteiger partial charge in [0, 0.05) is 30.5 Å². The molecule has 0 spiro atoms. The van der Waals surface area contributed by atoms with Crippen molar-refractivity contribution in [2.45, 2.75) is 13.0 Å². The number of hydrogen-bond acceptors (Lipinski definition) is 5. The first-order valence-electron chi connectivity index (χ1n) is 8.90. The number of sulfonamides is 1. The standard InChI is InChI=1S/C20H22N2O5S/c23-19(21-15-17-7-4-8-18-20(17)27-13-12-26-18)9-11-22-28(24,25)14-10-16-5-2-1-3-6-16/h1-8,10,14,22H,9,11-13,15H2,(H,21,23)/b14-10+. The summed E-state index contributed by atoms with van der Waals surface area (Å²) in [4.78, 5) is 12.0. The van der Waals surface area contributed by atoms with Gasteiger partial charge in [0.25, 0.3) is 0 Å². The number of amides is 1. The molecule has 7 nitrogen and oxygen atoms in total. The molecule has 0 radical (unpaired) electrons. The summed E-state index contributed by atoms with van der Waals surface area (Å²) in [5.41, 5.74) is 1.60. The summed E-state index contributed by atoms with van der Waals surface area (Å²) in [6, 6.07) is 14.6. The van der Waals surface area contributed by atoms with Gasteiger partial charge in [-0.05, 0) is 17.7 Å². The first-order chi connectivity index (χ1) is 13.5. The molecule has 0 unspecified atom stereocenters. The third-order valence-corrected chi connectivity index (χ3v) is 5.12. The van der Waals surface area contributed by atoms with E-state index in [2.05, 4.69) is 10.0 Å². The fourth-order valence-corrected chi connectivity index (χ4v) is 3.46. The van der Waals surface area contributed by atoms with E-state index in [0.717, 1.165) is 16.5 Å². The van der Waals surface area contributed by atoms with E-state index in [9.17, 15) is 13.2 Å². The van der Waals surface area contributed by atoms with Gasteiger partial charge in [0.1, 0.15) is 13.2 Å². The van der Waals surface area contributed by atoms with Gasteiger partial charge < -0.3 is 14.8 Å². The lowest BCUT2D eigenvalue weighted by atomic mass is 10.1. The average molecular weight is 402 g/mol. The lowest BCUT2D eigenvalue weighted by Crippen LogP contribution is -2.30. The van der Waals surface area contributed by atoms with Crippen LogP contribution in [0.25, 0.3) is 6.08 Å². The van der Waals surface area contributed by atoms with Crippen LogP contribution in [-0.4, -0.2) is 34.1 Å². The molecule has 3 rings (SSSR count). The van der Waals surface area contributed by atoms with Crippen LogP contribution < -0.4 is 19.5 Å². The predicted octanol–water partition coefficient (Wildman–Crippen LogP) is 2.05. The molecule has 0 saturated heterocycles. The van der Waals surface area contributed by atoms with Crippen molar-refractivity contribution in [3.63, 3.8) is 0 Å². The minimum Gasteiger partial charge on any atom is -0.486 e. The van der Waals surface area contributed by atoms with Crippen molar-refractivity contribution in [3.8, 4) is 11.5 Å². The van der Waals surface area contributed by atoms with E-state index in [0.29, 0.717) is 24.7 Å². The molecule has 0 atom stereocenters. The Morgan fingerprint density at radius 3 is 2.64 bits per heavy atom. The summed E-state index contributed by atoms with van der Waals surface area (Å²) in [6.07, 6.45) is 1.54. The second-order valence-corrected chi connectivity index (χ2v) is 7.77. The molecule has 0 fully saturated rings. The van der Waals surface area contributed by atoms with E-state index in [1.807, 2.05) is 36.4 Å². The third kappa shape index (κ3) is 5.83. The summed E-state index contributed by atoms with van der Waals surface area (Å²) < 4.78 is 37.4. The molecular weight excluding hydrogens is 380 g/mol. The highest BCUT2D eigenvalue weighted by Gasteiger charge is 2.16.